The number of hydrogen-bond donors (Lipinski definition) is 2. The van der Waals surface area contributed by atoms with Crippen molar-refractivity contribution < 1.29 is 14.3 Å². The van der Waals surface area contributed by atoms with Crippen LogP contribution in [-0.4, -0.2) is 29.1 Å². The van der Waals surface area contributed by atoms with Gasteiger partial charge in [-0.2, -0.15) is 0 Å². The molecule has 4 rings (SSSR count). The van der Waals surface area contributed by atoms with Crippen LogP contribution in [0.1, 0.15) is 15.9 Å². The molecule has 1 aromatic heterocycles. The highest BCUT2D eigenvalue weighted by molar-refractivity contribution is 6.04. The van der Waals surface area contributed by atoms with E-state index >= 15 is 0 Å². The molecule has 0 saturated heterocycles. The van der Waals surface area contributed by atoms with E-state index in [1.165, 1.54) is 12.4 Å². The number of benzene rings is 2. The molecule has 0 radical (unpaired) electrons. The number of aromatic nitrogens is 2. The van der Waals surface area contributed by atoms with Gasteiger partial charge in [-0.25, -0.2) is 9.97 Å². The molecule has 0 bridgehead atoms. The molecule has 136 valence electrons. The standard InChI is InChI=1S/C20H18N4O3/c1-13-3-2-4-15(9-13)24-20-21-11-14(12-22-20)19(25)23-16-5-6-17-18(10-16)27-8-7-26-17/h2-6,9-12H,7-8H2,1H3,(H,23,25)(H,21,22,24). The van der Waals surface area contributed by atoms with Gasteiger partial charge in [0.2, 0.25) is 5.95 Å². The van der Waals surface area contributed by atoms with Crippen molar-refractivity contribution in [2.24, 2.45) is 0 Å². The van der Waals surface area contributed by atoms with Gasteiger partial charge >= 0.3 is 0 Å². The maximum atomic E-state index is 12.4. The molecule has 7 nitrogen and oxygen atoms in total. The van der Waals surface area contributed by atoms with E-state index in [2.05, 4.69) is 20.6 Å². The predicted octanol–water partition coefficient (Wildman–Crippen LogP) is 3.55. The summed E-state index contributed by atoms with van der Waals surface area (Å²) in [7, 11) is 0. The van der Waals surface area contributed by atoms with Crippen LogP contribution in [-0.2, 0) is 0 Å². The summed E-state index contributed by atoms with van der Waals surface area (Å²) < 4.78 is 11.0. The molecule has 27 heavy (non-hydrogen) atoms. The Labute approximate surface area is 156 Å². The molecule has 0 atom stereocenters. The zero-order valence-corrected chi connectivity index (χ0v) is 14.7. The van der Waals surface area contributed by atoms with Gasteiger partial charge in [0.15, 0.2) is 11.5 Å². The second-order valence-electron chi connectivity index (χ2n) is 6.10. The number of carbonyl (C=O) groups is 1. The predicted molar refractivity (Wildman–Crippen MR) is 102 cm³/mol. The average molecular weight is 362 g/mol. The number of amides is 1. The van der Waals surface area contributed by atoms with Gasteiger partial charge in [-0.05, 0) is 36.8 Å². The van der Waals surface area contributed by atoms with Gasteiger partial charge in [-0.1, -0.05) is 12.1 Å². The summed E-state index contributed by atoms with van der Waals surface area (Å²) in [4.78, 5) is 20.8. The highest BCUT2D eigenvalue weighted by Crippen LogP contribution is 2.32. The second-order valence-corrected chi connectivity index (χ2v) is 6.10. The van der Waals surface area contributed by atoms with Crippen LogP contribution in [0.25, 0.3) is 0 Å². The van der Waals surface area contributed by atoms with Gasteiger partial charge in [0, 0.05) is 29.8 Å². The minimum Gasteiger partial charge on any atom is -0.486 e. The maximum absolute atomic E-state index is 12.4. The van der Waals surface area contributed by atoms with Crippen molar-refractivity contribution in [2.45, 2.75) is 6.92 Å². The van der Waals surface area contributed by atoms with Crippen molar-refractivity contribution in [1.29, 1.82) is 0 Å². The summed E-state index contributed by atoms with van der Waals surface area (Å²) >= 11 is 0. The van der Waals surface area contributed by atoms with Gasteiger partial charge < -0.3 is 20.1 Å². The highest BCUT2D eigenvalue weighted by Gasteiger charge is 2.14. The number of ether oxygens (including phenoxy) is 2. The van der Waals surface area contributed by atoms with E-state index in [0.717, 1.165) is 11.3 Å². The fourth-order valence-corrected chi connectivity index (χ4v) is 2.69. The zero-order valence-electron chi connectivity index (χ0n) is 14.7. The average Bonchev–Trinajstić information content (AvgIpc) is 2.68. The highest BCUT2D eigenvalue weighted by atomic mass is 16.6. The molecule has 1 aliphatic rings. The number of anilines is 3. The smallest absolute Gasteiger partial charge is 0.258 e. The van der Waals surface area contributed by atoms with Crippen molar-refractivity contribution in [3.63, 3.8) is 0 Å². The van der Waals surface area contributed by atoms with E-state index < -0.39 is 0 Å². The minimum atomic E-state index is -0.297. The van der Waals surface area contributed by atoms with Crippen LogP contribution < -0.4 is 20.1 Å². The Hall–Kier alpha value is -3.61. The van der Waals surface area contributed by atoms with Crippen molar-refractivity contribution in [1.82, 2.24) is 9.97 Å². The first-order valence-electron chi connectivity index (χ1n) is 8.54. The molecule has 7 heteroatoms. The molecule has 2 heterocycles. The molecule has 1 amide bonds. The van der Waals surface area contributed by atoms with Crippen LogP contribution >= 0.6 is 0 Å². The molecule has 0 spiro atoms. The van der Waals surface area contributed by atoms with Crippen LogP contribution in [0.2, 0.25) is 0 Å². The minimum absolute atomic E-state index is 0.297. The Morgan fingerprint density at radius 3 is 2.52 bits per heavy atom. The lowest BCUT2D eigenvalue weighted by atomic mass is 10.2. The van der Waals surface area contributed by atoms with Gasteiger partial charge in [0.25, 0.3) is 5.91 Å². The Balaban J connectivity index is 1.43. The molecular weight excluding hydrogens is 344 g/mol. The summed E-state index contributed by atoms with van der Waals surface area (Å²) in [6, 6.07) is 13.2. The molecule has 0 fully saturated rings. The molecule has 0 saturated carbocycles. The lowest BCUT2D eigenvalue weighted by Gasteiger charge is -2.19. The van der Waals surface area contributed by atoms with Gasteiger partial charge in [-0.15, -0.1) is 0 Å². The fourth-order valence-electron chi connectivity index (χ4n) is 2.69. The lowest BCUT2D eigenvalue weighted by Crippen LogP contribution is -2.16. The molecule has 2 N–H and O–H groups in total. The number of rotatable bonds is 4. The van der Waals surface area contributed by atoms with Gasteiger partial charge in [0.1, 0.15) is 13.2 Å². The number of carbonyl (C=O) groups excluding carboxylic acids is 1. The van der Waals surface area contributed by atoms with Crippen LogP contribution in [0.4, 0.5) is 17.3 Å². The van der Waals surface area contributed by atoms with E-state index in [9.17, 15) is 4.79 Å². The zero-order chi connectivity index (χ0) is 18.6. The lowest BCUT2D eigenvalue weighted by molar-refractivity contribution is 0.102. The number of nitrogens with one attached hydrogen (secondary N) is 2. The molecule has 3 aromatic rings. The summed E-state index contributed by atoms with van der Waals surface area (Å²) in [6.07, 6.45) is 2.97. The Kier molecular flexibility index (Phi) is 4.57. The van der Waals surface area contributed by atoms with Gasteiger partial charge in [0.05, 0.1) is 5.56 Å². The van der Waals surface area contributed by atoms with E-state index in [1.54, 1.807) is 18.2 Å². The van der Waals surface area contributed by atoms with Crippen molar-refractivity contribution >= 4 is 23.2 Å². The first-order valence-corrected chi connectivity index (χ1v) is 8.54. The molecule has 0 unspecified atom stereocenters. The fraction of sp³-hybridized carbons (Fsp3) is 0.150. The largest absolute Gasteiger partial charge is 0.486 e. The third kappa shape index (κ3) is 3.98. The first-order chi connectivity index (χ1) is 13.2. The topological polar surface area (TPSA) is 85.4 Å². The van der Waals surface area contributed by atoms with E-state index in [1.807, 2.05) is 31.2 Å². The summed E-state index contributed by atoms with van der Waals surface area (Å²) in [6.45, 7) is 3.03. The van der Waals surface area contributed by atoms with Gasteiger partial charge in [-0.3, -0.25) is 4.79 Å². The summed E-state index contributed by atoms with van der Waals surface area (Å²) in [5.41, 5.74) is 3.00. The quantitative estimate of drug-likeness (QED) is 0.738. The van der Waals surface area contributed by atoms with E-state index in [4.69, 9.17) is 9.47 Å². The Bertz CT molecular complexity index is 973. The van der Waals surface area contributed by atoms with Crippen molar-refractivity contribution in [2.75, 3.05) is 23.8 Å². The Morgan fingerprint density at radius 2 is 1.74 bits per heavy atom. The molecule has 0 aliphatic carbocycles. The van der Waals surface area contributed by atoms with E-state index in [0.29, 0.717) is 41.9 Å². The van der Waals surface area contributed by atoms with Crippen LogP contribution in [0, 0.1) is 6.92 Å². The third-order valence-electron chi connectivity index (χ3n) is 3.99. The number of nitrogens with zero attached hydrogens (tertiary/aromatic N) is 2. The number of hydrogen-bond acceptors (Lipinski definition) is 6. The first kappa shape index (κ1) is 16.8. The third-order valence-corrected chi connectivity index (χ3v) is 3.99. The normalized spacial score (nSPS) is 12.3. The summed E-state index contributed by atoms with van der Waals surface area (Å²) in [5, 5.41) is 5.92. The number of aryl methyl sites for hydroxylation is 1. The molecular formula is C20H18N4O3. The van der Waals surface area contributed by atoms with Crippen LogP contribution in [0.15, 0.2) is 54.9 Å². The monoisotopic (exact) mass is 362 g/mol. The molecule has 1 aliphatic heterocycles. The van der Waals surface area contributed by atoms with Crippen molar-refractivity contribution in [3.05, 3.63) is 66.0 Å². The number of fused-ring (bicyclic) bond motifs is 1. The maximum Gasteiger partial charge on any atom is 0.258 e. The SMILES string of the molecule is Cc1cccc(Nc2ncc(C(=O)Nc3ccc4c(c3)OCCO4)cn2)c1. The second kappa shape index (κ2) is 7.33. The summed E-state index contributed by atoms with van der Waals surface area (Å²) in [5.74, 6) is 1.42. The van der Waals surface area contributed by atoms with E-state index in [-0.39, 0.29) is 5.91 Å². The van der Waals surface area contributed by atoms with Crippen molar-refractivity contribution in [3.8, 4) is 11.5 Å². The molecule has 2 aromatic carbocycles. The van der Waals surface area contributed by atoms with Crippen LogP contribution in [0.5, 0.6) is 11.5 Å². The van der Waals surface area contributed by atoms with Crippen LogP contribution in [0.3, 0.4) is 0 Å². The Morgan fingerprint density at radius 1 is 0.963 bits per heavy atom.